The van der Waals surface area contributed by atoms with E-state index in [0.29, 0.717) is 6.04 Å². The van der Waals surface area contributed by atoms with E-state index in [0.717, 1.165) is 24.0 Å². The summed E-state index contributed by atoms with van der Waals surface area (Å²) >= 11 is 1.48. The minimum atomic E-state index is 0.469. The zero-order valence-electron chi connectivity index (χ0n) is 8.44. The van der Waals surface area contributed by atoms with Crippen LogP contribution in [0.3, 0.4) is 0 Å². The van der Waals surface area contributed by atoms with E-state index in [4.69, 9.17) is 5.73 Å². The number of hydrogen-bond acceptors (Lipinski definition) is 5. The van der Waals surface area contributed by atoms with Gasteiger partial charge in [0.05, 0.1) is 0 Å². The molecule has 0 bridgehead atoms. The standard InChI is InChI=1S/C9H16N4S/c1-7-11-9(14-12-7)13-5-3-2-4-8(13)6-10/h8H,2-6,10H2,1H3. The van der Waals surface area contributed by atoms with E-state index in [1.165, 1.54) is 30.8 Å². The van der Waals surface area contributed by atoms with Gasteiger partial charge in [-0.3, -0.25) is 0 Å². The summed E-state index contributed by atoms with van der Waals surface area (Å²) in [6.45, 7) is 3.73. The predicted octanol–water partition coefficient (Wildman–Crippen LogP) is 1.16. The molecule has 2 N–H and O–H groups in total. The van der Waals surface area contributed by atoms with Gasteiger partial charge in [0.15, 0.2) is 0 Å². The second-order valence-electron chi connectivity index (χ2n) is 3.70. The van der Waals surface area contributed by atoms with Crippen molar-refractivity contribution in [2.75, 3.05) is 18.0 Å². The zero-order chi connectivity index (χ0) is 9.97. The SMILES string of the molecule is Cc1nsc(N2CCCCC2CN)n1. The van der Waals surface area contributed by atoms with Gasteiger partial charge in [-0.25, -0.2) is 4.98 Å². The van der Waals surface area contributed by atoms with Crippen molar-refractivity contribution >= 4 is 16.7 Å². The van der Waals surface area contributed by atoms with Gasteiger partial charge in [0.25, 0.3) is 0 Å². The van der Waals surface area contributed by atoms with Crippen LogP contribution in [0.25, 0.3) is 0 Å². The molecule has 2 heterocycles. The Morgan fingerprint density at radius 2 is 2.43 bits per heavy atom. The van der Waals surface area contributed by atoms with Crippen molar-refractivity contribution in [3.8, 4) is 0 Å². The van der Waals surface area contributed by atoms with E-state index in [1.54, 1.807) is 0 Å². The highest BCUT2D eigenvalue weighted by molar-refractivity contribution is 7.09. The van der Waals surface area contributed by atoms with Gasteiger partial charge < -0.3 is 10.6 Å². The first-order valence-electron chi connectivity index (χ1n) is 5.08. The number of aryl methyl sites for hydroxylation is 1. The summed E-state index contributed by atoms with van der Waals surface area (Å²) in [4.78, 5) is 6.72. The molecule has 0 spiro atoms. The Hall–Kier alpha value is -0.680. The average Bonchev–Trinajstić information content (AvgIpc) is 2.65. The quantitative estimate of drug-likeness (QED) is 0.799. The van der Waals surface area contributed by atoms with Gasteiger partial charge >= 0.3 is 0 Å². The molecule has 14 heavy (non-hydrogen) atoms. The molecule has 1 fully saturated rings. The lowest BCUT2D eigenvalue weighted by molar-refractivity contribution is 0.464. The van der Waals surface area contributed by atoms with Crippen molar-refractivity contribution in [1.82, 2.24) is 9.36 Å². The topological polar surface area (TPSA) is 55.0 Å². The van der Waals surface area contributed by atoms with Crippen LogP contribution in [0.2, 0.25) is 0 Å². The van der Waals surface area contributed by atoms with Crippen molar-refractivity contribution < 1.29 is 0 Å². The minimum Gasteiger partial charge on any atom is -0.343 e. The summed E-state index contributed by atoms with van der Waals surface area (Å²) in [5.41, 5.74) is 5.75. The summed E-state index contributed by atoms with van der Waals surface area (Å²) < 4.78 is 4.21. The second-order valence-corrected chi connectivity index (χ2v) is 4.43. The van der Waals surface area contributed by atoms with Gasteiger partial charge in [0.2, 0.25) is 5.13 Å². The molecule has 5 heteroatoms. The van der Waals surface area contributed by atoms with E-state index in [-0.39, 0.29) is 0 Å². The maximum atomic E-state index is 5.75. The molecule has 0 radical (unpaired) electrons. The summed E-state index contributed by atoms with van der Waals surface area (Å²) in [6.07, 6.45) is 3.72. The molecular weight excluding hydrogens is 196 g/mol. The third-order valence-corrected chi connectivity index (χ3v) is 3.51. The Balaban J connectivity index is 2.14. The lowest BCUT2D eigenvalue weighted by Gasteiger charge is -2.34. The highest BCUT2D eigenvalue weighted by atomic mass is 32.1. The van der Waals surface area contributed by atoms with E-state index in [2.05, 4.69) is 14.3 Å². The van der Waals surface area contributed by atoms with E-state index in [1.807, 2.05) is 6.92 Å². The summed E-state index contributed by atoms with van der Waals surface area (Å²) in [5, 5.41) is 1.04. The average molecular weight is 212 g/mol. The Kier molecular flexibility index (Phi) is 2.98. The van der Waals surface area contributed by atoms with E-state index in [9.17, 15) is 0 Å². The molecule has 1 aromatic heterocycles. The van der Waals surface area contributed by atoms with Gasteiger partial charge in [0, 0.05) is 30.7 Å². The highest BCUT2D eigenvalue weighted by Gasteiger charge is 2.23. The second kappa shape index (κ2) is 4.23. The number of piperidine rings is 1. The molecule has 4 nitrogen and oxygen atoms in total. The van der Waals surface area contributed by atoms with Crippen LogP contribution in [0, 0.1) is 6.92 Å². The normalized spacial score (nSPS) is 22.7. The number of nitrogens with zero attached hydrogens (tertiary/aromatic N) is 3. The zero-order valence-corrected chi connectivity index (χ0v) is 9.26. The Bertz CT molecular complexity index is 299. The van der Waals surface area contributed by atoms with E-state index < -0.39 is 0 Å². The molecule has 0 aromatic carbocycles. The summed E-state index contributed by atoms with van der Waals surface area (Å²) in [6, 6.07) is 0.469. The lowest BCUT2D eigenvalue weighted by Crippen LogP contribution is -2.44. The number of rotatable bonds is 2. The van der Waals surface area contributed by atoms with Gasteiger partial charge in [-0.1, -0.05) is 0 Å². The van der Waals surface area contributed by atoms with Crippen molar-refractivity contribution in [2.24, 2.45) is 5.73 Å². The Morgan fingerprint density at radius 1 is 1.57 bits per heavy atom. The fraction of sp³-hybridized carbons (Fsp3) is 0.778. The lowest BCUT2D eigenvalue weighted by atomic mass is 10.0. The van der Waals surface area contributed by atoms with Crippen molar-refractivity contribution in [3.63, 3.8) is 0 Å². The first kappa shape index (κ1) is 9.86. The van der Waals surface area contributed by atoms with Crippen LogP contribution in [-0.4, -0.2) is 28.5 Å². The molecule has 0 saturated carbocycles. The third-order valence-electron chi connectivity index (χ3n) is 2.66. The van der Waals surface area contributed by atoms with Crippen molar-refractivity contribution in [3.05, 3.63) is 5.82 Å². The molecule has 0 aliphatic carbocycles. The number of nitrogens with two attached hydrogens (primary N) is 1. The van der Waals surface area contributed by atoms with Crippen LogP contribution in [-0.2, 0) is 0 Å². The van der Waals surface area contributed by atoms with Crippen LogP contribution < -0.4 is 10.6 Å². The molecule has 0 amide bonds. The number of hydrogen-bond donors (Lipinski definition) is 1. The highest BCUT2D eigenvalue weighted by Crippen LogP contribution is 2.25. The summed E-state index contributed by atoms with van der Waals surface area (Å²) in [7, 11) is 0. The third kappa shape index (κ3) is 1.88. The van der Waals surface area contributed by atoms with Crippen molar-refractivity contribution in [2.45, 2.75) is 32.2 Å². The van der Waals surface area contributed by atoms with Crippen LogP contribution in [0.4, 0.5) is 5.13 Å². The monoisotopic (exact) mass is 212 g/mol. The molecule has 1 atom stereocenters. The number of aromatic nitrogens is 2. The van der Waals surface area contributed by atoms with E-state index >= 15 is 0 Å². The first-order valence-corrected chi connectivity index (χ1v) is 5.85. The maximum absolute atomic E-state index is 5.75. The van der Waals surface area contributed by atoms with Gasteiger partial charge in [-0.15, -0.1) is 0 Å². The van der Waals surface area contributed by atoms with Gasteiger partial charge in [-0.2, -0.15) is 4.37 Å². The molecule has 1 aliphatic rings. The molecular formula is C9H16N4S. The molecule has 1 unspecified atom stereocenters. The van der Waals surface area contributed by atoms with Crippen LogP contribution in [0.1, 0.15) is 25.1 Å². The van der Waals surface area contributed by atoms with Crippen LogP contribution >= 0.6 is 11.5 Å². The molecule has 78 valence electrons. The van der Waals surface area contributed by atoms with Gasteiger partial charge in [-0.05, 0) is 26.2 Å². The van der Waals surface area contributed by atoms with Crippen LogP contribution in [0.15, 0.2) is 0 Å². The Morgan fingerprint density at radius 3 is 3.07 bits per heavy atom. The maximum Gasteiger partial charge on any atom is 0.205 e. The summed E-state index contributed by atoms with van der Waals surface area (Å²) in [5.74, 6) is 0.867. The Labute approximate surface area is 88.3 Å². The minimum absolute atomic E-state index is 0.469. The fourth-order valence-corrected chi connectivity index (χ4v) is 2.67. The molecule has 1 saturated heterocycles. The fourth-order valence-electron chi connectivity index (χ4n) is 1.90. The first-order chi connectivity index (χ1) is 6.81. The molecule has 2 rings (SSSR count). The van der Waals surface area contributed by atoms with Gasteiger partial charge in [0.1, 0.15) is 5.82 Å². The van der Waals surface area contributed by atoms with Crippen molar-refractivity contribution in [1.29, 1.82) is 0 Å². The molecule has 1 aromatic rings. The number of anilines is 1. The van der Waals surface area contributed by atoms with Crippen LogP contribution in [0.5, 0.6) is 0 Å². The smallest absolute Gasteiger partial charge is 0.205 e. The molecule has 1 aliphatic heterocycles. The largest absolute Gasteiger partial charge is 0.343 e. The predicted molar refractivity (Wildman–Crippen MR) is 58.7 cm³/mol.